The standard InChI is InChI=1S/C27H38N4/c1-5-20(2)17-25(29)8-6-7-22(4)18-27(24-13-9-21(3)10-14-24)31(30)26-15-11-23(19-28)12-16-26/h9-16,18,20,22,25H,5-8,17,29-30H2,1-4H3/b27-18-. The molecule has 2 rings (SSSR count). The minimum absolute atomic E-state index is 0.285. The van der Waals surface area contributed by atoms with Gasteiger partial charge in [0.05, 0.1) is 23.0 Å². The van der Waals surface area contributed by atoms with Crippen molar-refractivity contribution in [2.75, 3.05) is 5.01 Å². The van der Waals surface area contributed by atoms with Gasteiger partial charge in [0.2, 0.25) is 0 Å². The summed E-state index contributed by atoms with van der Waals surface area (Å²) in [5, 5.41) is 10.8. The Hall–Kier alpha value is -2.61. The molecule has 31 heavy (non-hydrogen) atoms. The summed E-state index contributed by atoms with van der Waals surface area (Å²) in [7, 11) is 0. The van der Waals surface area contributed by atoms with E-state index in [0.29, 0.717) is 17.4 Å². The average Bonchev–Trinajstić information content (AvgIpc) is 2.77. The molecule has 0 aromatic heterocycles. The fraction of sp³-hybridized carbons (Fsp3) is 0.444. The van der Waals surface area contributed by atoms with E-state index in [1.807, 2.05) is 12.1 Å². The molecule has 3 unspecified atom stereocenters. The van der Waals surface area contributed by atoms with E-state index < -0.39 is 0 Å². The van der Waals surface area contributed by atoms with Crippen LogP contribution in [0.5, 0.6) is 0 Å². The Labute approximate surface area is 188 Å². The van der Waals surface area contributed by atoms with E-state index in [4.69, 9.17) is 16.8 Å². The summed E-state index contributed by atoms with van der Waals surface area (Å²) in [6.07, 6.45) is 7.79. The number of hydrogen-bond donors (Lipinski definition) is 2. The van der Waals surface area contributed by atoms with Crippen molar-refractivity contribution in [3.05, 3.63) is 71.3 Å². The third-order valence-electron chi connectivity index (χ3n) is 5.96. The molecule has 0 aliphatic carbocycles. The molecule has 4 N–H and O–H groups in total. The van der Waals surface area contributed by atoms with Crippen LogP contribution in [-0.2, 0) is 0 Å². The number of benzene rings is 2. The molecular weight excluding hydrogens is 380 g/mol. The Balaban J connectivity index is 2.14. The summed E-state index contributed by atoms with van der Waals surface area (Å²) in [4.78, 5) is 0. The predicted octanol–water partition coefficient (Wildman–Crippen LogP) is 6.16. The highest BCUT2D eigenvalue weighted by molar-refractivity contribution is 5.78. The fourth-order valence-electron chi connectivity index (χ4n) is 3.73. The largest absolute Gasteiger partial charge is 0.328 e. The normalized spacial score (nSPS) is 14.5. The topological polar surface area (TPSA) is 79.1 Å². The quantitative estimate of drug-likeness (QED) is 0.338. The second-order valence-corrected chi connectivity index (χ2v) is 8.86. The van der Waals surface area contributed by atoms with E-state index in [2.05, 4.69) is 64.1 Å². The van der Waals surface area contributed by atoms with Crippen molar-refractivity contribution in [1.29, 1.82) is 5.26 Å². The molecule has 0 radical (unpaired) electrons. The monoisotopic (exact) mass is 418 g/mol. The molecule has 0 spiro atoms. The van der Waals surface area contributed by atoms with Crippen molar-refractivity contribution < 1.29 is 0 Å². The summed E-state index contributed by atoms with van der Waals surface area (Å²) in [5.74, 6) is 7.62. The summed E-state index contributed by atoms with van der Waals surface area (Å²) in [6, 6.07) is 18.2. The number of nitrogens with zero attached hydrogens (tertiary/aromatic N) is 2. The molecule has 166 valence electrons. The van der Waals surface area contributed by atoms with Gasteiger partial charge in [-0.3, -0.25) is 5.01 Å². The number of rotatable bonds is 11. The van der Waals surface area contributed by atoms with E-state index in [-0.39, 0.29) is 6.04 Å². The van der Waals surface area contributed by atoms with Crippen molar-refractivity contribution in [3.8, 4) is 6.07 Å². The molecule has 4 heteroatoms. The average molecular weight is 419 g/mol. The van der Waals surface area contributed by atoms with E-state index in [0.717, 1.165) is 42.6 Å². The summed E-state index contributed by atoms with van der Waals surface area (Å²) in [5.41, 5.74) is 11.1. The molecular formula is C27H38N4. The van der Waals surface area contributed by atoms with Crippen molar-refractivity contribution in [2.24, 2.45) is 23.4 Å². The highest BCUT2D eigenvalue weighted by Crippen LogP contribution is 2.27. The van der Waals surface area contributed by atoms with E-state index >= 15 is 0 Å². The fourth-order valence-corrected chi connectivity index (χ4v) is 3.73. The number of anilines is 1. The first-order valence-corrected chi connectivity index (χ1v) is 11.4. The smallest absolute Gasteiger partial charge is 0.0991 e. The van der Waals surface area contributed by atoms with E-state index in [1.165, 1.54) is 12.0 Å². The Kier molecular flexibility index (Phi) is 9.78. The molecule has 3 atom stereocenters. The Morgan fingerprint density at radius 2 is 1.71 bits per heavy atom. The number of aryl methyl sites for hydroxylation is 1. The van der Waals surface area contributed by atoms with Crippen LogP contribution in [0.25, 0.3) is 5.70 Å². The maximum atomic E-state index is 9.07. The highest BCUT2D eigenvalue weighted by atomic mass is 15.4. The van der Waals surface area contributed by atoms with Crippen molar-refractivity contribution >= 4 is 11.4 Å². The Morgan fingerprint density at radius 3 is 2.29 bits per heavy atom. The van der Waals surface area contributed by atoms with Gasteiger partial charge in [-0.1, -0.05) is 69.5 Å². The molecule has 2 aromatic rings. The number of allylic oxidation sites excluding steroid dienone is 1. The van der Waals surface area contributed by atoms with Gasteiger partial charge in [0.25, 0.3) is 0 Å². The number of hydrazine groups is 1. The van der Waals surface area contributed by atoms with Crippen LogP contribution in [0.3, 0.4) is 0 Å². The Bertz CT molecular complexity index is 862. The molecule has 0 saturated heterocycles. The lowest BCUT2D eigenvalue weighted by Crippen LogP contribution is -2.29. The summed E-state index contributed by atoms with van der Waals surface area (Å²) in [6.45, 7) is 8.82. The minimum Gasteiger partial charge on any atom is -0.328 e. The van der Waals surface area contributed by atoms with Crippen LogP contribution in [0.4, 0.5) is 5.69 Å². The number of nitriles is 1. The van der Waals surface area contributed by atoms with E-state index in [1.54, 1.807) is 17.1 Å². The van der Waals surface area contributed by atoms with Gasteiger partial charge in [0, 0.05) is 6.04 Å². The molecule has 2 aromatic carbocycles. The summed E-state index contributed by atoms with van der Waals surface area (Å²) < 4.78 is 0. The number of nitrogens with two attached hydrogens (primary N) is 2. The van der Waals surface area contributed by atoms with Crippen LogP contribution in [0, 0.1) is 30.1 Å². The van der Waals surface area contributed by atoms with Crippen LogP contribution < -0.4 is 16.6 Å². The van der Waals surface area contributed by atoms with Gasteiger partial charge < -0.3 is 5.73 Å². The lowest BCUT2D eigenvalue weighted by atomic mass is 9.94. The van der Waals surface area contributed by atoms with Gasteiger partial charge in [0.15, 0.2) is 0 Å². The molecule has 4 nitrogen and oxygen atoms in total. The van der Waals surface area contributed by atoms with Gasteiger partial charge in [0.1, 0.15) is 0 Å². The first-order valence-electron chi connectivity index (χ1n) is 11.4. The zero-order chi connectivity index (χ0) is 22.8. The molecule has 0 aliphatic heterocycles. The van der Waals surface area contributed by atoms with Crippen LogP contribution in [0.15, 0.2) is 54.6 Å². The molecule has 0 bridgehead atoms. The zero-order valence-corrected chi connectivity index (χ0v) is 19.5. The molecule has 0 saturated carbocycles. The lowest BCUT2D eigenvalue weighted by Gasteiger charge is -2.24. The van der Waals surface area contributed by atoms with Crippen molar-refractivity contribution in [3.63, 3.8) is 0 Å². The Morgan fingerprint density at radius 1 is 1.06 bits per heavy atom. The third kappa shape index (κ3) is 7.86. The predicted molar refractivity (Wildman–Crippen MR) is 132 cm³/mol. The first kappa shape index (κ1) is 24.7. The van der Waals surface area contributed by atoms with Crippen LogP contribution in [0.2, 0.25) is 0 Å². The highest BCUT2D eigenvalue weighted by Gasteiger charge is 2.14. The molecule has 0 amide bonds. The van der Waals surface area contributed by atoms with Crippen molar-refractivity contribution in [2.45, 2.75) is 65.8 Å². The third-order valence-corrected chi connectivity index (χ3v) is 5.96. The van der Waals surface area contributed by atoms with Gasteiger partial charge in [-0.05, 0) is 67.9 Å². The minimum atomic E-state index is 0.285. The molecule has 0 fully saturated rings. The molecule has 0 aliphatic rings. The van der Waals surface area contributed by atoms with Gasteiger partial charge in [-0.15, -0.1) is 0 Å². The number of hydrogen-bond acceptors (Lipinski definition) is 4. The van der Waals surface area contributed by atoms with Crippen molar-refractivity contribution in [1.82, 2.24) is 0 Å². The SMILES string of the molecule is CCC(C)CC(N)CCCC(C)/C=C(/c1ccc(C)cc1)N(N)c1ccc(C#N)cc1. The van der Waals surface area contributed by atoms with Gasteiger partial charge in [-0.25, -0.2) is 5.84 Å². The first-order chi connectivity index (χ1) is 14.8. The maximum absolute atomic E-state index is 9.07. The van der Waals surface area contributed by atoms with Gasteiger partial charge >= 0.3 is 0 Å². The van der Waals surface area contributed by atoms with E-state index in [9.17, 15) is 0 Å². The van der Waals surface area contributed by atoms with Crippen LogP contribution in [0.1, 0.15) is 69.6 Å². The second-order valence-electron chi connectivity index (χ2n) is 8.86. The van der Waals surface area contributed by atoms with Gasteiger partial charge in [-0.2, -0.15) is 5.26 Å². The van der Waals surface area contributed by atoms with Crippen LogP contribution >= 0.6 is 0 Å². The maximum Gasteiger partial charge on any atom is 0.0991 e. The lowest BCUT2D eigenvalue weighted by molar-refractivity contribution is 0.418. The summed E-state index contributed by atoms with van der Waals surface area (Å²) >= 11 is 0. The zero-order valence-electron chi connectivity index (χ0n) is 19.5. The van der Waals surface area contributed by atoms with Crippen LogP contribution in [-0.4, -0.2) is 6.04 Å². The second kappa shape index (κ2) is 12.3. The molecule has 0 heterocycles.